The van der Waals surface area contributed by atoms with E-state index in [1.807, 2.05) is 0 Å². The highest BCUT2D eigenvalue weighted by Crippen LogP contribution is 2.18. The van der Waals surface area contributed by atoms with E-state index in [1.54, 1.807) is 53.7 Å². The first-order valence-corrected chi connectivity index (χ1v) is 16.3. The molecule has 326 valence electrons. The molecule has 2 aromatic rings. The number of hydrogen-bond donors (Lipinski definition) is 7. The molecular formula is C41H65N5O12. The summed E-state index contributed by atoms with van der Waals surface area (Å²) in [5.74, 6) is 8.60. The van der Waals surface area contributed by atoms with Gasteiger partial charge in [0.1, 0.15) is 42.0 Å². The van der Waals surface area contributed by atoms with E-state index < -0.39 is 63.0 Å². The summed E-state index contributed by atoms with van der Waals surface area (Å²) in [5.41, 5.74) is 2.80. The average Bonchev–Trinajstić information content (AvgIpc) is 3.08. The fourth-order valence-corrected chi connectivity index (χ4v) is 3.98. The topological polar surface area (TPSA) is 262 Å². The Hall–Kier alpha value is -5.72. The summed E-state index contributed by atoms with van der Waals surface area (Å²) < 4.78 is 15.3. The number of methoxy groups -OCH3 is 1. The number of hydroxylamine groups is 1. The van der Waals surface area contributed by atoms with E-state index in [9.17, 15) is 39.5 Å². The van der Waals surface area contributed by atoms with Crippen LogP contribution in [0, 0.1) is 33.8 Å². The van der Waals surface area contributed by atoms with Gasteiger partial charge in [0.05, 0.1) is 7.11 Å². The van der Waals surface area contributed by atoms with Crippen LogP contribution < -0.4 is 31.3 Å². The first kappa shape index (κ1) is 59.0. The minimum atomic E-state index is -1.76. The van der Waals surface area contributed by atoms with E-state index in [0.717, 1.165) is 7.11 Å². The van der Waals surface area contributed by atoms with Gasteiger partial charge in [0, 0.05) is 35.4 Å². The van der Waals surface area contributed by atoms with Crippen molar-refractivity contribution in [2.45, 2.75) is 119 Å². The summed E-state index contributed by atoms with van der Waals surface area (Å²) in [7, 11) is 1.09. The number of amides is 3. The van der Waals surface area contributed by atoms with Gasteiger partial charge in [0.25, 0.3) is 17.7 Å². The van der Waals surface area contributed by atoms with Gasteiger partial charge in [-0.05, 0) is 90.1 Å². The van der Waals surface area contributed by atoms with Crippen molar-refractivity contribution in [3.8, 4) is 35.2 Å². The first-order valence-electron chi connectivity index (χ1n) is 16.3. The number of rotatable bonds is 13. The molecule has 58 heavy (non-hydrogen) atoms. The van der Waals surface area contributed by atoms with Crippen molar-refractivity contribution < 1.29 is 53.7 Å². The van der Waals surface area contributed by atoms with Crippen molar-refractivity contribution in [2.75, 3.05) is 20.3 Å². The molecule has 3 amide bonds. The molecule has 17 nitrogen and oxygen atoms in total. The van der Waals surface area contributed by atoms with Gasteiger partial charge in [-0.25, -0.2) is 10.3 Å². The number of nitrogens with two attached hydrogens (primary N) is 1. The molecule has 0 fully saturated rings. The number of carbonyl (C=O) groups is 4. The smallest absolute Gasteiger partial charge is 0.335 e. The van der Waals surface area contributed by atoms with Crippen molar-refractivity contribution >= 4 is 23.7 Å². The van der Waals surface area contributed by atoms with E-state index in [-0.39, 0.29) is 48.5 Å². The minimum absolute atomic E-state index is 0. The third-order valence-corrected chi connectivity index (χ3v) is 6.92. The standard InChI is InChI=1S/C19H24N2O7.C18H25N3O5.4CH4/c1-18(2,24)11-6-12-28-14-9-7-13(8-10-14)16(22)20-15(17(23)27-5)19(3,4)21(25)26;1-17(2,24)10-5-11-26-13-8-6-12(7-9-13)15(22)20-14(16(23)21-25)18(3,4)19;;;;/h7-10,15,24H,12H2,1-5H3,(H,20,22);6-9,14,24-25H,11,19H2,1-4H3,(H,20,22)(H,21,23);4*1H4. The van der Waals surface area contributed by atoms with Gasteiger partial charge in [-0.2, -0.15) is 0 Å². The van der Waals surface area contributed by atoms with E-state index in [4.69, 9.17) is 20.4 Å². The van der Waals surface area contributed by atoms with E-state index in [2.05, 4.69) is 39.1 Å². The molecule has 2 atom stereocenters. The van der Waals surface area contributed by atoms with Crippen LogP contribution in [-0.4, -0.2) is 98.7 Å². The van der Waals surface area contributed by atoms with Crippen LogP contribution in [-0.2, 0) is 14.3 Å². The number of esters is 1. The summed E-state index contributed by atoms with van der Waals surface area (Å²) in [6.45, 7) is 11.9. The molecule has 2 aromatic carbocycles. The van der Waals surface area contributed by atoms with Crippen LogP contribution in [0.3, 0.4) is 0 Å². The number of aliphatic hydroxyl groups is 2. The van der Waals surface area contributed by atoms with Crippen LogP contribution in [0.4, 0.5) is 0 Å². The second-order valence-corrected chi connectivity index (χ2v) is 13.9. The number of nitrogens with one attached hydrogen (secondary N) is 3. The fourth-order valence-electron chi connectivity index (χ4n) is 3.98. The third kappa shape index (κ3) is 21.0. The summed E-state index contributed by atoms with van der Waals surface area (Å²) in [6, 6.07) is 9.55. The SMILES string of the molecule is C.C.C.C.CC(C)(O)C#CCOc1ccc(C(=O)NC(C(=O)NO)C(C)(C)N)cc1.COC(=O)C(NC(=O)c1ccc(OCC#CC(C)(C)O)cc1)C(C)(C)[N+](=O)[O-]. The number of ether oxygens (including phenoxy) is 3. The largest absolute Gasteiger partial charge is 0.481 e. The Labute approximate surface area is 343 Å². The first-order chi connectivity index (χ1) is 24.8. The van der Waals surface area contributed by atoms with Crippen LogP contribution in [0.1, 0.15) is 106 Å². The molecule has 0 saturated heterocycles. The van der Waals surface area contributed by atoms with Gasteiger partial charge in [-0.3, -0.25) is 29.7 Å². The quantitative estimate of drug-likeness (QED) is 0.0498. The highest BCUT2D eigenvalue weighted by molar-refractivity contribution is 5.98. The van der Waals surface area contributed by atoms with Crippen LogP contribution >= 0.6 is 0 Å². The minimum Gasteiger partial charge on any atom is -0.481 e. The van der Waals surface area contributed by atoms with E-state index in [0.29, 0.717) is 17.1 Å². The Morgan fingerprint density at radius 1 is 0.724 bits per heavy atom. The van der Waals surface area contributed by atoms with E-state index in [1.165, 1.54) is 55.7 Å². The number of nitrogens with zero attached hydrogens (tertiary/aromatic N) is 1. The van der Waals surface area contributed by atoms with Crippen LogP contribution in [0.2, 0.25) is 0 Å². The van der Waals surface area contributed by atoms with Gasteiger partial charge in [-0.15, -0.1) is 0 Å². The Balaban J connectivity index is -0.000000471. The lowest BCUT2D eigenvalue weighted by atomic mass is 9.95. The summed E-state index contributed by atoms with van der Waals surface area (Å²) >= 11 is 0. The Bertz CT molecular complexity index is 1740. The molecule has 0 radical (unpaired) electrons. The molecule has 0 aliphatic carbocycles. The van der Waals surface area contributed by atoms with Crippen LogP contribution in [0.25, 0.3) is 0 Å². The van der Waals surface area contributed by atoms with Crippen molar-refractivity contribution in [3.05, 3.63) is 69.8 Å². The zero-order valence-corrected chi connectivity index (χ0v) is 31.7. The molecule has 0 aliphatic heterocycles. The average molecular weight is 820 g/mol. The maximum absolute atomic E-state index is 12.4. The predicted molar refractivity (Wildman–Crippen MR) is 223 cm³/mol. The highest BCUT2D eigenvalue weighted by atomic mass is 16.6. The Morgan fingerprint density at radius 2 is 1.07 bits per heavy atom. The second-order valence-electron chi connectivity index (χ2n) is 13.9. The molecule has 2 unspecified atom stereocenters. The normalized spacial score (nSPS) is 11.5. The van der Waals surface area contributed by atoms with Gasteiger partial charge in [0.15, 0.2) is 6.04 Å². The molecule has 8 N–H and O–H groups in total. The third-order valence-electron chi connectivity index (χ3n) is 6.92. The lowest BCUT2D eigenvalue weighted by Gasteiger charge is -2.29. The number of nitro groups is 1. The number of carbonyl (C=O) groups excluding carboxylic acids is 4. The molecule has 0 aliphatic rings. The lowest BCUT2D eigenvalue weighted by molar-refractivity contribution is -0.562. The van der Waals surface area contributed by atoms with Crippen molar-refractivity contribution in [1.29, 1.82) is 0 Å². The second kappa shape index (κ2) is 25.5. The maximum Gasteiger partial charge on any atom is 0.335 e. The fraction of sp³-hybridized carbons (Fsp3) is 0.512. The molecule has 0 bridgehead atoms. The monoisotopic (exact) mass is 819 g/mol. The van der Waals surface area contributed by atoms with Crippen molar-refractivity contribution in [2.24, 2.45) is 5.73 Å². The number of hydrogen-bond acceptors (Lipinski definition) is 13. The molecule has 17 heteroatoms. The highest BCUT2D eigenvalue weighted by Gasteiger charge is 2.47. The lowest BCUT2D eigenvalue weighted by Crippen LogP contribution is -2.61. The summed E-state index contributed by atoms with van der Waals surface area (Å²) in [4.78, 5) is 58.9. The van der Waals surface area contributed by atoms with Gasteiger partial charge >= 0.3 is 5.97 Å². The molecule has 2 rings (SSSR count). The zero-order chi connectivity index (χ0) is 41.5. The molecular weight excluding hydrogens is 754 g/mol. The molecule has 0 heterocycles. The van der Waals surface area contributed by atoms with Gasteiger partial charge < -0.3 is 40.8 Å². The summed E-state index contributed by atoms with van der Waals surface area (Å²) in [6.07, 6.45) is 0. The van der Waals surface area contributed by atoms with Crippen molar-refractivity contribution in [1.82, 2.24) is 16.1 Å². The Morgan fingerprint density at radius 3 is 1.34 bits per heavy atom. The van der Waals surface area contributed by atoms with Gasteiger partial charge in [-0.1, -0.05) is 53.4 Å². The van der Waals surface area contributed by atoms with Gasteiger partial charge in [0.2, 0.25) is 5.54 Å². The molecule has 0 saturated carbocycles. The van der Waals surface area contributed by atoms with Crippen LogP contribution in [0.15, 0.2) is 48.5 Å². The summed E-state index contributed by atoms with van der Waals surface area (Å²) in [5, 5.41) is 43.8. The maximum atomic E-state index is 12.4. The predicted octanol–water partition coefficient (Wildman–Crippen LogP) is 3.89. The van der Waals surface area contributed by atoms with Crippen LogP contribution in [0.5, 0.6) is 11.5 Å². The zero-order valence-electron chi connectivity index (χ0n) is 31.7. The Kier molecular flexibility index (Phi) is 25.9. The van der Waals surface area contributed by atoms with E-state index >= 15 is 0 Å². The van der Waals surface area contributed by atoms with Crippen molar-refractivity contribution in [3.63, 3.8) is 0 Å². The molecule has 0 spiro atoms. The molecule has 0 aromatic heterocycles. The number of benzene rings is 2.